The smallest absolute Gasteiger partial charge is 0.119 e. The number of ether oxygens (including phenoxy) is 1. The molecule has 0 amide bonds. The van der Waals surface area contributed by atoms with Crippen LogP contribution in [0.5, 0.6) is 5.75 Å². The number of aliphatic hydroxyl groups is 1. The largest absolute Gasteiger partial charge is 0.491 e. The van der Waals surface area contributed by atoms with Crippen molar-refractivity contribution in [2.24, 2.45) is 0 Å². The van der Waals surface area contributed by atoms with Crippen molar-refractivity contribution in [1.29, 1.82) is 0 Å². The first kappa shape index (κ1) is 17.7. The Kier molecular flexibility index (Phi) is 6.94. The molecule has 0 aliphatic carbocycles. The molecule has 24 heavy (non-hydrogen) atoms. The number of β-amino-alcohol motifs (C(OH)–C–C–N with tert-alkyl or cyclic N) is 1. The SMILES string of the molecule is OC(COc1cccc(CN2CCCC2)c1)CN1CCCCCC1. The summed E-state index contributed by atoms with van der Waals surface area (Å²) in [5.74, 6) is 0.876. The van der Waals surface area contributed by atoms with Crippen LogP contribution < -0.4 is 4.74 Å². The summed E-state index contributed by atoms with van der Waals surface area (Å²) in [6, 6.07) is 8.34. The summed E-state index contributed by atoms with van der Waals surface area (Å²) in [5.41, 5.74) is 1.30. The van der Waals surface area contributed by atoms with Gasteiger partial charge in [-0.1, -0.05) is 25.0 Å². The maximum Gasteiger partial charge on any atom is 0.119 e. The molecule has 1 unspecified atom stereocenters. The molecule has 2 heterocycles. The molecule has 4 nitrogen and oxygen atoms in total. The molecule has 2 fully saturated rings. The van der Waals surface area contributed by atoms with Crippen molar-refractivity contribution < 1.29 is 9.84 Å². The molecule has 0 bridgehead atoms. The van der Waals surface area contributed by atoms with E-state index in [1.54, 1.807) is 0 Å². The average molecular weight is 332 g/mol. The van der Waals surface area contributed by atoms with E-state index in [2.05, 4.69) is 28.0 Å². The maximum atomic E-state index is 10.3. The second-order valence-corrected chi connectivity index (χ2v) is 7.31. The molecule has 1 aromatic carbocycles. The number of nitrogens with zero attached hydrogens (tertiary/aromatic N) is 2. The zero-order valence-electron chi connectivity index (χ0n) is 14.8. The van der Waals surface area contributed by atoms with Crippen molar-refractivity contribution >= 4 is 0 Å². The predicted octanol–water partition coefficient (Wildman–Crippen LogP) is 2.90. The van der Waals surface area contributed by atoms with Crippen LogP contribution in [0.1, 0.15) is 44.1 Å². The van der Waals surface area contributed by atoms with Crippen LogP contribution in [0.15, 0.2) is 24.3 Å². The van der Waals surface area contributed by atoms with Crippen LogP contribution in [-0.4, -0.2) is 60.3 Å². The Morgan fingerprint density at radius 1 is 0.917 bits per heavy atom. The third kappa shape index (κ3) is 5.76. The zero-order valence-corrected chi connectivity index (χ0v) is 14.8. The molecular formula is C20H32N2O2. The minimum absolute atomic E-state index is 0.379. The Morgan fingerprint density at radius 2 is 1.58 bits per heavy atom. The van der Waals surface area contributed by atoms with E-state index in [-0.39, 0.29) is 0 Å². The van der Waals surface area contributed by atoms with E-state index in [0.717, 1.165) is 31.9 Å². The molecule has 0 aromatic heterocycles. The highest BCUT2D eigenvalue weighted by atomic mass is 16.5. The van der Waals surface area contributed by atoms with Crippen LogP contribution in [0.2, 0.25) is 0 Å². The summed E-state index contributed by atoms with van der Waals surface area (Å²) in [6.45, 7) is 6.76. The fraction of sp³-hybridized carbons (Fsp3) is 0.700. The lowest BCUT2D eigenvalue weighted by Crippen LogP contribution is -2.36. The van der Waals surface area contributed by atoms with Crippen molar-refractivity contribution in [3.8, 4) is 5.75 Å². The van der Waals surface area contributed by atoms with Crippen LogP contribution in [0.4, 0.5) is 0 Å². The van der Waals surface area contributed by atoms with Crippen LogP contribution in [0, 0.1) is 0 Å². The second kappa shape index (κ2) is 9.40. The fourth-order valence-corrected chi connectivity index (χ4v) is 3.79. The fourth-order valence-electron chi connectivity index (χ4n) is 3.79. The topological polar surface area (TPSA) is 35.9 Å². The van der Waals surface area contributed by atoms with E-state index >= 15 is 0 Å². The predicted molar refractivity (Wildman–Crippen MR) is 97.4 cm³/mol. The highest BCUT2D eigenvalue weighted by Crippen LogP contribution is 2.18. The molecule has 1 N–H and O–H groups in total. The molecule has 3 rings (SSSR count). The van der Waals surface area contributed by atoms with Gasteiger partial charge in [-0.05, 0) is 69.6 Å². The van der Waals surface area contributed by atoms with Crippen LogP contribution >= 0.6 is 0 Å². The molecule has 0 saturated carbocycles. The number of hydrogen-bond donors (Lipinski definition) is 1. The number of likely N-dealkylation sites (tertiary alicyclic amines) is 2. The van der Waals surface area contributed by atoms with Crippen LogP contribution in [-0.2, 0) is 6.54 Å². The van der Waals surface area contributed by atoms with Gasteiger partial charge in [0, 0.05) is 13.1 Å². The van der Waals surface area contributed by atoms with Crippen molar-refractivity contribution in [3.63, 3.8) is 0 Å². The van der Waals surface area contributed by atoms with Gasteiger partial charge < -0.3 is 14.7 Å². The third-order valence-corrected chi connectivity index (χ3v) is 5.11. The molecule has 2 aliphatic rings. The highest BCUT2D eigenvalue weighted by Gasteiger charge is 2.15. The first-order valence-electron chi connectivity index (χ1n) is 9.64. The summed E-state index contributed by atoms with van der Waals surface area (Å²) in [4.78, 5) is 4.87. The first-order valence-corrected chi connectivity index (χ1v) is 9.64. The number of aliphatic hydroxyl groups excluding tert-OH is 1. The molecule has 1 atom stereocenters. The molecule has 1 aromatic rings. The van der Waals surface area contributed by atoms with E-state index in [9.17, 15) is 5.11 Å². The van der Waals surface area contributed by atoms with Crippen molar-refractivity contribution in [3.05, 3.63) is 29.8 Å². The lowest BCUT2D eigenvalue weighted by molar-refractivity contribution is 0.0693. The van der Waals surface area contributed by atoms with Gasteiger partial charge in [0.2, 0.25) is 0 Å². The van der Waals surface area contributed by atoms with Gasteiger partial charge in [-0.2, -0.15) is 0 Å². The van der Waals surface area contributed by atoms with Gasteiger partial charge in [0.25, 0.3) is 0 Å². The van der Waals surface area contributed by atoms with Gasteiger partial charge >= 0.3 is 0 Å². The minimum atomic E-state index is -0.412. The van der Waals surface area contributed by atoms with Gasteiger partial charge in [-0.3, -0.25) is 4.90 Å². The quantitative estimate of drug-likeness (QED) is 0.833. The van der Waals surface area contributed by atoms with Crippen LogP contribution in [0.3, 0.4) is 0 Å². The zero-order chi connectivity index (χ0) is 16.6. The lowest BCUT2D eigenvalue weighted by Gasteiger charge is -2.23. The monoisotopic (exact) mass is 332 g/mol. The minimum Gasteiger partial charge on any atom is -0.491 e. The molecule has 0 spiro atoms. The molecular weight excluding hydrogens is 300 g/mol. The average Bonchev–Trinajstić information content (AvgIpc) is 2.96. The highest BCUT2D eigenvalue weighted by molar-refractivity contribution is 5.28. The first-order chi connectivity index (χ1) is 11.8. The Morgan fingerprint density at radius 3 is 2.33 bits per heavy atom. The van der Waals surface area contributed by atoms with Gasteiger partial charge in [0.05, 0.1) is 0 Å². The van der Waals surface area contributed by atoms with Crippen molar-refractivity contribution in [2.45, 2.75) is 51.2 Å². The standard InChI is InChI=1S/C20H32N2O2/c23-19(16-22-10-3-1-2-4-11-22)17-24-20-9-7-8-18(14-20)15-21-12-5-6-13-21/h7-9,14,19,23H,1-6,10-13,15-17H2. The number of benzene rings is 1. The summed E-state index contributed by atoms with van der Waals surface area (Å²) in [5, 5.41) is 10.3. The van der Waals surface area contributed by atoms with Gasteiger partial charge in [-0.15, -0.1) is 0 Å². The van der Waals surface area contributed by atoms with Crippen LogP contribution in [0.25, 0.3) is 0 Å². The number of rotatable bonds is 7. The Labute approximate surface area is 146 Å². The Bertz CT molecular complexity index is 480. The molecule has 4 heteroatoms. The Balaban J connectivity index is 1.43. The van der Waals surface area contributed by atoms with E-state index in [4.69, 9.17) is 4.74 Å². The molecule has 0 radical (unpaired) electrons. The van der Waals surface area contributed by atoms with Crippen molar-refractivity contribution in [2.75, 3.05) is 39.3 Å². The van der Waals surface area contributed by atoms with Crippen molar-refractivity contribution in [1.82, 2.24) is 9.80 Å². The second-order valence-electron chi connectivity index (χ2n) is 7.31. The molecule has 134 valence electrons. The number of hydrogen-bond acceptors (Lipinski definition) is 4. The normalized spacial score (nSPS) is 21.5. The maximum absolute atomic E-state index is 10.3. The lowest BCUT2D eigenvalue weighted by atomic mass is 10.2. The summed E-state index contributed by atoms with van der Waals surface area (Å²) < 4.78 is 5.85. The third-order valence-electron chi connectivity index (χ3n) is 5.11. The summed E-state index contributed by atoms with van der Waals surface area (Å²) in [7, 11) is 0. The summed E-state index contributed by atoms with van der Waals surface area (Å²) in [6.07, 6.45) is 7.39. The summed E-state index contributed by atoms with van der Waals surface area (Å²) >= 11 is 0. The molecule has 2 aliphatic heterocycles. The van der Waals surface area contributed by atoms with Gasteiger partial charge in [0.15, 0.2) is 0 Å². The van der Waals surface area contributed by atoms with E-state index in [1.807, 2.05) is 6.07 Å². The van der Waals surface area contributed by atoms with E-state index in [1.165, 1.54) is 57.2 Å². The van der Waals surface area contributed by atoms with E-state index in [0.29, 0.717) is 6.61 Å². The van der Waals surface area contributed by atoms with Gasteiger partial charge in [0.1, 0.15) is 18.5 Å². The Hall–Kier alpha value is -1.10. The molecule has 2 saturated heterocycles. The van der Waals surface area contributed by atoms with Gasteiger partial charge in [-0.25, -0.2) is 0 Å². The van der Waals surface area contributed by atoms with E-state index < -0.39 is 6.10 Å².